The highest BCUT2D eigenvalue weighted by molar-refractivity contribution is 5.95. The van der Waals surface area contributed by atoms with Crippen LogP contribution in [0.25, 0.3) is 0 Å². The lowest BCUT2D eigenvalue weighted by Crippen LogP contribution is -2.24. The molecule has 0 aliphatic heterocycles. The summed E-state index contributed by atoms with van der Waals surface area (Å²) in [6.45, 7) is 0.502. The highest BCUT2D eigenvalue weighted by Crippen LogP contribution is 2.11. The maximum atomic E-state index is 12.2. The van der Waals surface area contributed by atoms with Crippen molar-refractivity contribution in [3.8, 4) is 0 Å². The molecule has 0 aliphatic carbocycles. The second-order valence-corrected chi connectivity index (χ2v) is 4.53. The first-order valence-corrected chi connectivity index (χ1v) is 6.65. The Morgan fingerprint density at radius 3 is 2.45 bits per heavy atom. The van der Waals surface area contributed by atoms with Crippen molar-refractivity contribution >= 4 is 12.2 Å². The molecule has 1 amide bonds. The van der Waals surface area contributed by atoms with Gasteiger partial charge in [0, 0.05) is 18.5 Å². The smallest absolute Gasteiger partial charge is 0.251 e. The van der Waals surface area contributed by atoms with E-state index in [1.165, 1.54) is 0 Å². The standard InChI is InChI=1S/C17H17NO2/c19-12-6-10-15-9-4-5-11-16(15)17(20)18-13-14-7-2-1-3-8-14/h1-5,7-9,11-12H,6,10,13H2,(H,18,20). The summed E-state index contributed by atoms with van der Waals surface area (Å²) in [5, 5.41) is 2.90. The van der Waals surface area contributed by atoms with Crippen LogP contribution in [0.15, 0.2) is 54.6 Å². The minimum atomic E-state index is -0.102. The predicted octanol–water partition coefficient (Wildman–Crippen LogP) is 2.75. The third-order valence-electron chi connectivity index (χ3n) is 3.09. The van der Waals surface area contributed by atoms with Crippen molar-refractivity contribution in [2.75, 3.05) is 0 Å². The summed E-state index contributed by atoms with van der Waals surface area (Å²) in [6, 6.07) is 17.2. The van der Waals surface area contributed by atoms with Crippen LogP contribution < -0.4 is 5.32 Å². The number of aldehydes is 1. The molecule has 2 aromatic rings. The number of nitrogens with one attached hydrogen (secondary N) is 1. The zero-order chi connectivity index (χ0) is 14.2. The van der Waals surface area contributed by atoms with Gasteiger partial charge in [-0.25, -0.2) is 0 Å². The van der Waals surface area contributed by atoms with Crippen LogP contribution in [0.2, 0.25) is 0 Å². The van der Waals surface area contributed by atoms with Gasteiger partial charge in [0.1, 0.15) is 6.29 Å². The minimum Gasteiger partial charge on any atom is -0.348 e. The first-order chi connectivity index (χ1) is 9.81. The zero-order valence-electron chi connectivity index (χ0n) is 11.2. The van der Waals surface area contributed by atoms with Gasteiger partial charge < -0.3 is 10.1 Å². The number of carbonyl (C=O) groups excluding carboxylic acids is 2. The Labute approximate surface area is 118 Å². The van der Waals surface area contributed by atoms with E-state index >= 15 is 0 Å². The van der Waals surface area contributed by atoms with Crippen molar-refractivity contribution in [2.24, 2.45) is 0 Å². The van der Waals surface area contributed by atoms with Crippen molar-refractivity contribution in [3.63, 3.8) is 0 Å². The molecule has 0 radical (unpaired) electrons. The normalized spacial score (nSPS) is 10.0. The Balaban J connectivity index is 2.03. The molecule has 1 N–H and O–H groups in total. The molecule has 20 heavy (non-hydrogen) atoms. The van der Waals surface area contributed by atoms with Gasteiger partial charge in [-0.15, -0.1) is 0 Å². The molecular formula is C17H17NO2. The Morgan fingerprint density at radius 1 is 1.00 bits per heavy atom. The number of benzene rings is 2. The van der Waals surface area contributed by atoms with Gasteiger partial charge in [-0.05, 0) is 23.6 Å². The molecule has 3 nitrogen and oxygen atoms in total. The maximum Gasteiger partial charge on any atom is 0.251 e. The van der Waals surface area contributed by atoms with Gasteiger partial charge in [-0.1, -0.05) is 48.5 Å². The molecule has 0 saturated heterocycles. The molecule has 0 spiro atoms. The second-order valence-electron chi connectivity index (χ2n) is 4.53. The number of carbonyl (C=O) groups is 2. The van der Waals surface area contributed by atoms with Crippen molar-refractivity contribution in [1.29, 1.82) is 0 Å². The average molecular weight is 267 g/mol. The largest absolute Gasteiger partial charge is 0.348 e. The third kappa shape index (κ3) is 3.79. The molecule has 0 atom stereocenters. The van der Waals surface area contributed by atoms with Crippen LogP contribution in [0.5, 0.6) is 0 Å². The second kappa shape index (κ2) is 7.24. The van der Waals surface area contributed by atoms with E-state index in [1.54, 1.807) is 6.07 Å². The monoisotopic (exact) mass is 267 g/mol. The zero-order valence-corrected chi connectivity index (χ0v) is 11.2. The van der Waals surface area contributed by atoms with E-state index in [1.807, 2.05) is 48.5 Å². The fraction of sp³-hybridized carbons (Fsp3) is 0.176. The van der Waals surface area contributed by atoms with Crippen molar-refractivity contribution in [2.45, 2.75) is 19.4 Å². The molecule has 3 heteroatoms. The van der Waals surface area contributed by atoms with Crippen molar-refractivity contribution in [3.05, 3.63) is 71.3 Å². The van der Waals surface area contributed by atoms with Crippen molar-refractivity contribution in [1.82, 2.24) is 5.32 Å². The van der Waals surface area contributed by atoms with Gasteiger partial charge >= 0.3 is 0 Å². The molecule has 0 unspecified atom stereocenters. The first kappa shape index (κ1) is 14.0. The number of rotatable bonds is 6. The highest BCUT2D eigenvalue weighted by Gasteiger charge is 2.09. The third-order valence-corrected chi connectivity index (χ3v) is 3.09. The van der Waals surface area contributed by atoms with Crippen molar-refractivity contribution < 1.29 is 9.59 Å². The lowest BCUT2D eigenvalue weighted by molar-refractivity contribution is -0.107. The van der Waals surface area contributed by atoms with Crippen LogP contribution >= 0.6 is 0 Å². The van der Waals surface area contributed by atoms with Gasteiger partial charge in [0.2, 0.25) is 0 Å². The Morgan fingerprint density at radius 2 is 1.70 bits per heavy atom. The fourth-order valence-corrected chi connectivity index (χ4v) is 2.05. The Bertz CT molecular complexity index is 579. The molecule has 102 valence electrons. The van der Waals surface area contributed by atoms with Gasteiger partial charge in [0.25, 0.3) is 5.91 Å². The molecule has 0 aliphatic rings. The Hall–Kier alpha value is -2.42. The number of amides is 1. The summed E-state index contributed by atoms with van der Waals surface area (Å²) >= 11 is 0. The summed E-state index contributed by atoms with van der Waals surface area (Å²) in [5.41, 5.74) is 2.61. The van der Waals surface area contributed by atoms with E-state index in [0.29, 0.717) is 24.9 Å². The van der Waals surface area contributed by atoms with Crippen LogP contribution in [0.3, 0.4) is 0 Å². The SMILES string of the molecule is O=CCCc1ccccc1C(=O)NCc1ccccc1. The molecule has 0 heterocycles. The van der Waals surface area contributed by atoms with E-state index in [9.17, 15) is 9.59 Å². The van der Waals surface area contributed by atoms with Gasteiger partial charge in [0.15, 0.2) is 0 Å². The summed E-state index contributed by atoms with van der Waals surface area (Å²) in [5.74, 6) is -0.102. The van der Waals surface area contributed by atoms with Crippen LogP contribution in [0, 0.1) is 0 Å². The minimum absolute atomic E-state index is 0.102. The predicted molar refractivity (Wildman–Crippen MR) is 78.4 cm³/mol. The first-order valence-electron chi connectivity index (χ1n) is 6.65. The van der Waals surface area contributed by atoms with E-state index in [2.05, 4.69) is 5.32 Å². The summed E-state index contributed by atoms with van der Waals surface area (Å²) in [6.07, 6.45) is 1.90. The molecule has 0 fully saturated rings. The lowest BCUT2D eigenvalue weighted by Gasteiger charge is -2.09. The molecular weight excluding hydrogens is 250 g/mol. The quantitative estimate of drug-likeness (QED) is 0.818. The van der Waals surface area contributed by atoms with Crippen LogP contribution in [0.4, 0.5) is 0 Å². The summed E-state index contributed by atoms with van der Waals surface area (Å²) < 4.78 is 0. The number of aryl methyl sites for hydroxylation is 1. The summed E-state index contributed by atoms with van der Waals surface area (Å²) in [4.78, 5) is 22.7. The van der Waals surface area contributed by atoms with Gasteiger partial charge in [-0.3, -0.25) is 4.79 Å². The number of hydrogen-bond acceptors (Lipinski definition) is 2. The van der Waals surface area contributed by atoms with Gasteiger partial charge in [0.05, 0.1) is 0 Å². The average Bonchev–Trinajstić information content (AvgIpc) is 2.52. The van der Waals surface area contributed by atoms with E-state index in [-0.39, 0.29) is 5.91 Å². The van der Waals surface area contributed by atoms with Crippen LogP contribution in [-0.4, -0.2) is 12.2 Å². The maximum absolute atomic E-state index is 12.2. The van der Waals surface area contributed by atoms with E-state index in [0.717, 1.165) is 17.4 Å². The fourth-order valence-electron chi connectivity index (χ4n) is 2.05. The Kier molecular flexibility index (Phi) is 5.07. The molecule has 0 saturated carbocycles. The van der Waals surface area contributed by atoms with E-state index < -0.39 is 0 Å². The molecule has 0 bridgehead atoms. The lowest BCUT2D eigenvalue weighted by atomic mass is 10.0. The van der Waals surface area contributed by atoms with E-state index in [4.69, 9.17) is 0 Å². The molecule has 2 rings (SSSR count). The highest BCUT2D eigenvalue weighted by atomic mass is 16.1. The summed E-state index contributed by atoms with van der Waals surface area (Å²) in [7, 11) is 0. The number of hydrogen-bond donors (Lipinski definition) is 1. The van der Waals surface area contributed by atoms with Crippen LogP contribution in [0.1, 0.15) is 27.9 Å². The molecule has 2 aromatic carbocycles. The van der Waals surface area contributed by atoms with Gasteiger partial charge in [-0.2, -0.15) is 0 Å². The van der Waals surface area contributed by atoms with Crippen LogP contribution in [-0.2, 0) is 17.8 Å². The molecule has 0 aromatic heterocycles. The topological polar surface area (TPSA) is 46.2 Å².